The molecule has 0 saturated carbocycles. The zero-order chi connectivity index (χ0) is 18.7. The van der Waals surface area contributed by atoms with Gasteiger partial charge in [0.2, 0.25) is 11.7 Å². The summed E-state index contributed by atoms with van der Waals surface area (Å²) in [7, 11) is 0. The molecule has 26 heavy (non-hydrogen) atoms. The Balaban J connectivity index is 1.89. The first-order chi connectivity index (χ1) is 12.4. The number of carbonyl (C=O) groups excluding carboxylic acids is 1. The zero-order valence-corrected chi connectivity index (χ0v) is 15.5. The van der Waals surface area contributed by atoms with Gasteiger partial charge in [0.05, 0.1) is 0 Å². The number of benzene rings is 2. The van der Waals surface area contributed by atoms with E-state index in [1.165, 1.54) is 0 Å². The van der Waals surface area contributed by atoms with E-state index in [2.05, 4.69) is 15.5 Å². The first-order valence-corrected chi connectivity index (χ1v) is 8.62. The average Bonchev–Trinajstić information content (AvgIpc) is 3.09. The summed E-state index contributed by atoms with van der Waals surface area (Å²) in [4.78, 5) is 17.3. The van der Waals surface area contributed by atoms with Crippen molar-refractivity contribution in [3.05, 3.63) is 71.6 Å². The van der Waals surface area contributed by atoms with Gasteiger partial charge in [-0.25, -0.2) is 0 Å². The first-order valence-electron chi connectivity index (χ1n) is 8.62. The quantitative estimate of drug-likeness (QED) is 0.749. The number of carbonyl (C=O) groups is 1. The molecule has 0 radical (unpaired) electrons. The highest BCUT2D eigenvalue weighted by molar-refractivity contribution is 5.95. The monoisotopic (exact) mass is 349 g/mol. The Morgan fingerprint density at radius 1 is 1.04 bits per heavy atom. The molecule has 1 amide bonds. The van der Waals surface area contributed by atoms with Gasteiger partial charge in [-0.15, -0.1) is 0 Å². The lowest BCUT2D eigenvalue weighted by molar-refractivity contribution is 0.0880. The van der Waals surface area contributed by atoms with Crippen LogP contribution in [0.4, 0.5) is 0 Å². The summed E-state index contributed by atoms with van der Waals surface area (Å²) < 4.78 is 5.50. The van der Waals surface area contributed by atoms with Crippen LogP contribution >= 0.6 is 0 Å². The lowest BCUT2D eigenvalue weighted by atomic mass is 9.86. The van der Waals surface area contributed by atoms with Gasteiger partial charge in [-0.05, 0) is 24.0 Å². The maximum absolute atomic E-state index is 12.8. The highest BCUT2D eigenvalue weighted by Crippen LogP contribution is 2.33. The number of rotatable bonds is 4. The summed E-state index contributed by atoms with van der Waals surface area (Å²) in [6.45, 7) is 8.01. The Kier molecular flexibility index (Phi) is 4.89. The van der Waals surface area contributed by atoms with Crippen LogP contribution in [0.3, 0.4) is 0 Å². The maximum Gasteiger partial charge on any atom is 0.252 e. The summed E-state index contributed by atoms with van der Waals surface area (Å²) in [5.41, 5.74) is 2.15. The molecule has 0 aliphatic carbocycles. The SMILES string of the molecule is Cc1ccccc1C(=O)NC(c1nc(-c2ccccc2)no1)C(C)(C)C. The van der Waals surface area contributed by atoms with E-state index in [0.717, 1.165) is 11.1 Å². The molecular formula is C21H23N3O2. The summed E-state index contributed by atoms with van der Waals surface area (Å²) in [5, 5.41) is 7.14. The Morgan fingerprint density at radius 3 is 2.35 bits per heavy atom. The third kappa shape index (κ3) is 3.82. The molecule has 1 aromatic heterocycles. The molecule has 1 unspecified atom stereocenters. The second kappa shape index (κ2) is 7.12. The van der Waals surface area contributed by atoms with Crippen LogP contribution in [0.5, 0.6) is 0 Å². The van der Waals surface area contributed by atoms with Gasteiger partial charge in [-0.1, -0.05) is 74.5 Å². The van der Waals surface area contributed by atoms with Crippen molar-refractivity contribution in [2.24, 2.45) is 5.41 Å². The molecule has 0 bridgehead atoms. The van der Waals surface area contributed by atoms with Gasteiger partial charge in [0.25, 0.3) is 5.91 Å². The van der Waals surface area contributed by atoms with E-state index in [1.807, 2.05) is 82.3 Å². The number of aromatic nitrogens is 2. The van der Waals surface area contributed by atoms with Crippen molar-refractivity contribution in [3.8, 4) is 11.4 Å². The molecule has 1 atom stereocenters. The Morgan fingerprint density at radius 2 is 1.69 bits per heavy atom. The van der Waals surface area contributed by atoms with Crippen molar-refractivity contribution in [2.45, 2.75) is 33.7 Å². The van der Waals surface area contributed by atoms with E-state index in [9.17, 15) is 4.79 Å². The number of hydrogen-bond donors (Lipinski definition) is 1. The third-order valence-electron chi connectivity index (χ3n) is 4.25. The van der Waals surface area contributed by atoms with Crippen molar-refractivity contribution >= 4 is 5.91 Å². The molecule has 0 aliphatic heterocycles. The molecule has 0 spiro atoms. The average molecular weight is 349 g/mol. The molecular weight excluding hydrogens is 326 g/mol. The minimum Gasteiger partial charge on any atom is -0.340 e. The van der Waals surface area contributed by atoms with E-state index >= 15 is 0 Å². The molecule has 134 valence electrons. The van der Waals surface area contributed by atoms with Crippen LogP contribution in [-0.2, 0) is 0 Å². The number of nitrogens with zero attached hydrogens (tertiary/aromatic N) is 2. The van der Waals surface area contributed by atoms with Crippen LogP contribution in [-0.4, -0.2) is 16.0 Å². The van der Waals surface area contributed by atoms with Crippen molar-refractivity contribution in [2.75, 3.05) is 0 Å². The molecule has 5 heteroatoms. The minimum absolute atomic E-state index is 0.150. The van der Waals surface area contributed by atoms with E-state index < -0.39 is 6.04 Å². The van der Waals surface area contributed by atoms with Gasteiger partial charge in [0.15, 0.2) is 0 Å². The second-order valence-electron chi connectivity index (χ2n) is 7.41. The zero-order valence-electron chi connectivity index (χ0n) is 15.5. The largest absolute Gasteiger partial charge is 0.340 e. The molecule has 2 aromatic carbocycles. The van der Waals surface area contributed by atoms with Crippen LogP contribution in [0.2, 0.25) is 0 Å². The van der Waals surface area contributed by atoms with E-state index in [1.54, 1.807) is 0 Å². The number of nitrogens with one attached hydrogen (secondary N) is 1. The van der Waals surface area contributed by atoms with Gasteiger partial charge in [-0.2, -0.15) is 4.98 Å². The first kappa shape index (κ1) is 17.9. The van der Waals surface area contributed by atoms with Crippen LogP contribution in [0, 0.1) is 12.3 Å². The Bertz CT molecular complexity index is 895. The fraction of sp³-hybridized carbons (Fsp3) is 0.286. The van der Waals surface area contributed by atoms with Crippen molar-refractivity contribution < 1.29 is 9.32 Å². The van der Waals surface area contributed by atoms with E-state index in [4.69, 9.17) is 4.52 Å². The van der Waals surface area contributed by atoms with Crippen LogP contribution in [0.25, 0.3) is 11.4 Å². The third-order valence-corrected chi connectivity index (χ3v) is 4.25. The van der Waals surface area contributed by atoms with Crippen LogP contribution in [0.15, 0.2) is 59.1 Å². The molecule has 0 fully saturated rings. The molecule has 0 saturated heterocycles. The van der Waals surface area contributed by atoms with Crippen molar-refractivity contribution in [1.29, 1.82) is 0 Å². The van der Waals surface area contributed by atoms with Gasteiger partial charge in [0.1, 0.15) is 6.04 Å². The topological polar surface area (TPSA) is 68.0 Å². The summed E-state index contributed by atoms with van der Waals surface area (Å²) in [5.74, 6) is 0.765. The van der Waals surface area contributed by atoms with Gasteiger partial charge in [0, 0.05) is 11.1 Å². The highest BCUT2D eigenvalue weighted by Gasteiger charge is 2.33. The molecule has 0 aliphatic rings. The fourth-order valence-electron chi connectivity index (χ4n) is 2.74. The van der Waals surface area contributed by atoms with Gasteiger partial charge >= 0.3 is 0 Å². The highest BCUT2D eigenvalue weighted by atomic mass is 16.5. The van der Waals surface area contributed by atoms with Crippen LogP contribution < -0.4 is 5.32 Å². The van der Waals surface area contributed by atoms with E-state index in [0.29, 0.717) is 17.3 Å². The number of hydrogen-bond acceptors (Lipinski definition) is 4. The predicted molar refractivity (Wildman–Crippen MR) is 101 cm³/mol. The van der Waals surface area contributed by atoms with E-state index in [-0.39, 0.29) is 11.3 Å². The van der Waals surface area contributed by atoms with Crippen LogP contribution in [0.1, 0.15) is 48.6 Å². The Labute approximate surface area is 153 Å². The van der Waals surface area contributed by atoms with Gasteiger partial charge in [-0.3, -0.25) is 4.79 Å². The van der Waals surface area contributed by atoms with Crippen molar-refractivity contribution in [1.82, 2.24) is 15.5 Å². The normalized spacial score (nSPS) is 12.6. The van der Waals surface area contributed by atoms with Gasteiger partial charge < -0.3 is 9.84 Å². The molecule has 1 heterocycles. The Hall–Kier alpha value is -2.95. The standard InChI is InChI=1S/C21H23N3O2/c1-14-10-8-9-13-16(14)19(25)22-17(21(2,3)4)20-23-18(24-26-20)15-11-6-5-7-12-15/h5-13,17H,1-4H3,(H,22,25). The molecule has 5 nitrogen and oxygen atoms in total. The summed E-state index contributed by atoms with van der Waals surface area (Å²) in [6.07, 6.45) is 0. The predicted octanol–water partition coefficient (Wildman–Crippen LogP) is 4.56. The summed E-state index contributed by atoms with van der Waals surface area (Å²) >= 11 is 0. The number of aryl methyl sites for hydroxylation is 1. The lowest BCUT2D eigenvalue weighted by Gasteiger charge is -2.28. The maximum atomic E-state index is 12.8. The second-order valence-corrected chi connectivity index (χ2v) is 7.41. The number of amides is 1. The molecule has 3 aromatic rings. The lowest BCUT2D eigenvalue weighted by Crippen LogP contribution is -2.37. The molecule has 1 N–H and O–H groups in total. The molecule has 3 rings (SSSR count). The fourth-order valence-corrected chi connectivity index (χ4v) is 2.74. The van der Waals surface area contributed by atoms with Crippen molar-refractivity contribution in [3.63, 3.8) is 0 Å². The summed E-state index contributed by atoms with van der Waals surface area (Å²) in [6, 6.07) is 16.7. The minimum atomic E-state index is -0.403. The smallest absolute Gasteiger partial charge is 0.252 e.